The van der Waals surface area contributed by atoms with Crippen molar-refractivity contribution < 1.29 is 13.2 Å². The van der Waals surface area contributed by atoms with E-state index in [0.717, 1.165) is 12.1 Å². The molecule has 0 amide bonds. The molecule has 5 nitrogen and oxygen atoms in total. The number of benzene rings is 1. The van der Waals surface area contributed by atoms with Gasteiger partial charge in [-0.3, -0.25) is 0 Å². The molecule has 19 heavy (non-hydrogen) atoms. The fourth-order valence-electron chi connectivity index (χ4n) is 2.33. The average molecular weight is 284 g/mol. The normalized spacial score (nSPS) is 20.6. The summed E-state index contributed by atoms with van der Waals surface area (Å²) < 4.78 is 31.5. The predicted octanol–water partition coefficient (Wildman–Crippen LogP) is 1.39. The van der Waals surface area contributed by atoms with Crippen molar-refractivity contribution in [2.45, 2.75) is 11.3 Å². The number of sulfonamides is 1. The monoisotopic (exact) mass is 284 g/mol. The van der Waals surface area contributed by atoms with Gasteiger partial charge >= 0.3 is 0 Å². The van der Waals surface area contributed by atoms with Gasteiger partial charge in [0.25, 0.3) is 0 Å². The number of methoxy groups -OCH3 is 1. The molecule has 1 fully saturated rings. The molecule has 1 aromatic rings. The molecule has 1 atom stereocenters. The second-order valence-corrected chi connectivity index (χ2v) is 6.69. The van der Waals surface area contributed by atoms with Crippen LogP contribution in [0.4, 0.5) is 5.69 Å². The molecule has 106 valence electrons. The Hall–Kier alpha value is -1.11. The van der Waals surface area contributed by atoms with Gasteiger partial charge in [-0.15, -0.1) is 0 Å². The zero-order valence-electron chi connectivity index (χ0n) is 11.3. The summed E-state index contributed by atoms with van der Waals surface area (Å²) in [4.78, 5) is 0.351. The SMILES string of the molecule is CNc1ccc(S(=O)(=O)N2CCC(COC)C2)cc1. The van der Waals surface area contributed by atoms with Crippen molar-refractivity contribution in [3.05, 3.63) is 24.3 Å². The van der Waals surface area contributed by atoms with Gasteiger partial charge < -0.3 is 10.1 Å². The first-order valence-electron chi connectivity index (χ1n) is 6.35. The fraction of sp³-hybridized carbons (Fsp3) is 0.538. The van der Waals surface area contributed by atoms with Crippen LogP contribution < -0.4 is 5.32 Å². The Morgan fingerprint density at radius 2 is 2.05 bits per heavy atom. The van der Waals surface area contributed by atoms with Crippen LogP contribution >= 0.6 is 0 Å². The molecule has 0 bridgehead atoms. The molecule has 1 aliphatic rings. The van der Waals surface area contributed by atoms with E-state index in [1.165, 1.54) is 0 Å². The Balaban J connectivity index is 2.13. The molecule has 1 N–H and O–H groups in total. The second kappa shape index (κ2) is 5.90. The van der Waals surface area contributed by atoms with Crippen molar-refractivity contribution >= 4 is 15.7 Å². The minimum atomic E-state index is -3.36. The Bertz CT molecular complexity index is 513. The zero-order chi connectivity index (χ0) is 13.9. The van der Waals surface area contributed by atoms with Crippen molar-refractivity contribution in [3.8, 4) is 0 Å². The molecule has 6 heteroatoms. The summed E-state index contributed by atoms with van der Waals surface area (Å²) in [7, 11) is 0.0864. The van der Waals surface area contributed by atoms with Crippen LogP contribution in [0.25, 0.3) is 0 Å². The Morgan fingerprint density at radius 1 is 1.37 bits per heavy atom. The maximum Gasteiger partial charge on any atom is 0.243 e. The lowest BCUT2D eigenvalue weighted by atomic mass is 10.1. The third-order valence-electron chi connectivity index (χ3n) is 3.43. The van der Waals surface area contributed by atoms with E-state index in [2.05, 4.69) is 5.32 Å². The van der Waals surface area contributed by atoms with Crippen molar-refractivity contribution in [1.82, 2.24) is 4.31 Å². The molecule has 1 aromatic carbocycles. The van der Waals surface area contributed by atoms with Crippen LogP contribution in [0, 0.1) is 5.92 Å². The van der Waals surface area contributed by atoms with Gasteiger partial charge in [0.15, 0.2) is 0 Å². The first-order chi connectivity index (χ1) is 9.07. The summed E-state index contributed by atoms with van der Waals surface area (Å²) in [6, 6.07) is 6.83. The number of nitrogens with one attached hydrogen (secondary N) is 1. The fourth-order valence-corrected chi connectivity index (χ4v) is 3.86. The molecule has 1 unspecified atom stereocenters. The summed E-state index contributed by atoms with van der Waals surface area (Å²) in [5, 5.41) is 2.97. The van der Waals surface area contributed by atoms with Crippen LogP contribution in [-0.4, -0.2) is 46.6 Å². The third kappa shape index (κ3) is 3.08. The Labute approximate surface area is 114 Å². The summed E-state index contributed by atoms with van der Waals surface area (Å²) in [5.74, 6) is 0.302. The Kier molecular flexibility index (Phi) is 4.44. The summed E-state index contributed by atoms with van der Waals surface area (Å²) >= 11 is 0. The van der Waals surface area contributed by atoms with E-state index in [-0.39, 0.29) is 0 Å². The van der Waals surface area contributed by atoms with E-state index < -0.39 is 10.0 Å². The number of anilines is 1. The Morgan fingerprint density at radius 3 is 2.63 bits per heavy atom. The van der Waals surface area contributed by atoms with Crippen molar-refractivity contribution in [2.75, 3.05) is 39.2 Å². The lowest BCUT2D eigenvalue weighted by Crippen LogP contribution is -2.29. The number of nitrogens with zero attached hydrogens (tertiary/aromatic N) is 1. The maximum atomic E-state index is 12.4. The van der Waals surface area contributed by atoms with Crippen LogP contribution in [0.3, 0.4) is 0 Å². The van der Waals surface area contributed by atoms with Gasteiger partial charge in [0.1, 0.15) is 0 Å². The zero-order valence-corrected chi connectivity index (χ0v) is 12.1. The molecule has 2 rings (SSSR count). The minimum absolute atomic E-state index is 0.302. The predicted molar refractivity (Wildman–Crippen MR) is 74.7 cm³/mol. The van der Waals surface area contributed by atoms with Crippen LogP contribution in [0.2, 0.25) is 0 Å². The summed E-state index contributed by atoms with van der Waals surface area (Å²) in [5.41, 5.74) is 0.901. The maximum absolute atomic E-state index is 12.4. The van der Waals surface area contributed by atoms with Gasteiger partial charge in [-0.05, 0) is 36.6 Å². The number of hydrogen-bond donors (Lipinski definition) is 1. The lowest BCUT2D eigenvalue weighted by Gasteiger charge is -2.16. The first kappa shape index (κ1) is 14.3. The molecule has 0 spiro atoms. The number of ether oxygens (including phenoxy) is 1. The molecule has 0 radical (unpaired) electrons. The van der Waals surface area contributed by atoms with E-state index in [1.807, 2.05) is 0 Å². The average Bonchev–Trinajstić information content (AvgIpc) is 2.89. The highest BCUT2D eigenvalue weighted by atomic mass is 32.2. The van der Waals surface area contributed by atoms with Crippen molar-refractivity contribution in [2.24, 2.45) is 5.92 Å². The molecule has 1 aliphatic heterocycles. The van der Waals surface area contributed by atoms with Gasteiger partial charge in [-0.1, -0.05) is 0 Å². The van der Waals surface area contributed by atoms with Crippen molar-refractivity contribution in [3.63, 3.8) is 0 Å². The van der Waals surface area contributed by atoms with E-state index in [0.29, 0.717) is 30.5 Å². The second-order valence-electron chi connectivity index (χ2n) is 4.75. The quantitative estimate of drug-likeness (QED) is 0.887. The van der Waals surface area contributed by atoms with Crippen LogP contribution in [-0.2, 0) is 14.8 Å². The van der Waals surface area contributed by atoms with Gasteiger partial charge in [0.05, 0.1) is 11.5 Å². The van der Waals surface area contributed by atoms with Crippen molar-refractivity contribution in [1.29, 1.82) is 0 Å². The highest BCUT2D eigenvalue weighted by Crippen LogP contribution is 2.25. The van der Waals surface area contributed by atoms with E-state index in [9.17, 15) is 8.42 Å². The summed E-state index contributed by atoms with van der Waals surface area (Å²) in [6.45, 7) is 1.73. The van der Waals surface area contributed by atoms with E-state index in [1.54, 1.807) is 42.7 Å². The van der Waals surface area contributed by atoms with E-state index in [4.69, 9.17) is 4.74 Å². The largest absolute Gasteiger partial charge is 0.388 e. The molecule has 0 aromatic heterocycles. The smallest absolute Gasteiger partial charge is 0.243 e. The molecule has 1 saturated heterocycles. The first-order valence-corrected chi connectivity index (χ1v) is 7.79. The third-order valence-corrected chi connectivity index (χ3v) is 5.31. The molecule has 0 aliphatic carbocycles. The van der Waals surface area contributed by atoms with Crippen LogP contribution in [0.1, 0.15) is 6.42 Å². The number of rotatable bonds is 5. The molecule has 1 heterocycles. The molecular weight excluding hydrogens is 264 g/mol. The van der Waals surface area contributed by atoms with Gasteiger partial charge in [-0.25, -0.2) is 8.42 Å². The standard InChI is InChI=1S/C13H20N2O3S/c1-14-12-3-5-13(6-4-12)19(16,17)15-8-7-11(9-15)10-18-2/h3-6,11,14H,7-10H2,1-2H3. The lowest BCUT2D eigenvalue weighted by molar-refractivity contribution is 0.157. The summed E-state index contributed by atoms with van der Waals surface area (Å²) in [6.07, 6.45) is 0.863. The van der Waals surface area contributed by atoms with Gasteiger partial charge in [0, 0.05) is 32.9 Å². The highest BCUT2D eigenvalue weighted by molar-refractivity contribution is 7.89. The minimum Gasteiger partial charge on any atom is -0.388 e. The highest BCUT2D eigenvalue weighted by Gasteiger charge is 2.32. The molecular formula is C13H20N2O3S. The van der Waals surface area contributed by atoms with Crippen LogP contribution in [0.5, 0.6) is 0 Å². The number of hydrogen-bond acceptors (Lipinski definition) is 4. The molecule has 0 saturated carbocycles. The topological polar surface area (TPSA) is 58.6 Å². The van der Waals surface area contributed by atoms with Gasteiger partial charge in [-0.2, -0.15) is 4.31 Å². The van der Waals surface area contributed by atoms with Crippen LogP contribution in [0.15, 0.2) is 29.2 Å². The van der Waals surface area contributed by atoms with Gasteiger partial charge in [0.2, 0.25) is 10.0 Å². The van der Waals surface area contributed by atoms with E-state index >= 15 is 0 Å².